The lowest BCUT2D eigenvalue weighted by Crippen LogP contribution is -2.10. The monoisotopic (exact) mass is 762 g/mol. The highest BCUT2D eigenvalue weighted by Crippen LogP contribution is 2.54. The van der Waals surface area contributed by atoms with Crippen LogP contribution >= 0.6 is 0 Å². The standard InChI is InChI=1S/C54H54O2Si/c1-53(2,3)49-25-23-47(55-49)41-29-43-39(27-35-19-13-21-37(35)51(43)33-15-9-7-10-16-33)45(41)31-57-32-46-40-28-36-20-14-22-38(36)52(34-17-11-8-12-18-34)44(40)30-42(46)48-24-26-50(56-48)54(4,5)6/h7-12,15-18,23-30,45-46H,13-14,19-22,31-32H2,1-6H3. The van der Waals surface area contributed by atoms with Crippen LogP contribution in [0.5, 0.6) is 0 Å². The molecule has 4 aliphatic rings. The Balaban J connectivity index is 1.06. The molecule has 6 aromatic rings. The van der Waals surface area contributed by atoms with Gasteiger partial charge in [0.1, 0.15) is 23.0 Å². The Morgan fingerprint density at radius 2 is 0.947 bits per heavy atom. The van der Waals surface area contributed by atoms with Crippen molar-refractivity contribution >= 4 is 32.8 Å². The summed E-state index contributed by atoms with van der Waals surface area (Å²) >= 11 is 0. The maximum Gasteiger partial charge on any atom is 0.130 e. The highest BCUT2D eigenvalue weighted by Gasteiger charge is 2.37. The fraction of sp³-hybridized carbons (Fsp3) is 0.333. The molecule has 4 aromatic carbocycles. The first-order valence-electron chi connectivity index (χ1n) is 21.4. The van der Waals surface area contributed by atoms with Crippen molar-refractivity contribution < 1.29 is 8.83 Å². The van der Waals surface area contributed by atoms with E-state index in [9.17, 15) is 0 Å². The van der Waals surface area contributed by atoms with Gasteiger partial charge in [-0.25, -0.2) is 0 Å². The van der Waals surface area contributed by atoms with Gasteiger partial charge in [0.2, 0.25) is 0 Å². The summed E-state index contributed by atoms with van der Waals surface area (Å²) in [5.74, 6) is 4.74. The zero-order valence-corrected chi connectivity index (χ0v) is 35.5. The number of allylic oxidation sites excluding steroid dienone is 2. The maximum atomic E-state index is 6.78. The number of rotatable bonds is 8. The summed E-state index contributed by atoms with van der Waals surface area (Å²) in [6, 6.07) is 38.6. The number of aryl methyl sites for hydroxylation is 2. The van der Waals surface area contributed by atoms with Crippen LogP contribution in [0.4, 0.5) is 0 Å². The van der Waals surface area contributed by atoms with Gasteiger partial charge in [0.05, 0.1) is 0 Å². The third-order valence-corrected chi connectivity index (χ3v) is 14.5. The molecule has 0 spiro atoms. The SMILES string of the molecule is CC(C)(C)c1ccc(C2=Cc3c(cc4c(c3-c3ccccc3)CCC4)C2C[Si]CC2C(c3ccc(C(C)(C)C)o3)=Cc3c2cc2c(c3-c3ccccc3)CCC2)o1. The molecular weight excluding hydrogens is 709 g/mol. The Morgan fingerprint density at radius 3 is 1.33 bits per heavy atom. The summed E-state index contributed by atoms with van der Waals surface area (Å²) in [5, 5.41) is 0. The first-order valence-corrected chi connectivity index (χ1v) is 22.8. The molecule has 0 aliphatic heterocycles. The molecule has 0 N–H and O–H groups in total. The molecule has 0 saturated carbocycles. The van der Waals surface area contributed by atoms with Crippen LogP contribution in [0.3, 0.4) is 0 Å². The van der Waals surface area contributed by atoms with Crippen molar-refractivity contribution in [3.8, 4) is 22.3 Å². The Kier molecular flexibility index (Phi) is 8.90. The minimum absolute atomic E-state index is 0.0476. The number of hydrogen-bond acceptors (Lipinski definition) is 2. The molecule has 10 rings (SSSR count). The third-order valence-electron chi connectivity index (χ3n) is 13.1. The average molecular weight is 763 g/mol. The van der Waals surface area contributed by atoms with Crippen LogP contribution in [0.2, 0.25) is 12.1 Å². The second-order valence-electron chi connectivity index (χ2n) is 19.0. The van der Waals surface area contributed by atoms with E-state index in [-0.39, 0.29) is 22.7 Å². The van der Waals surface area contributed by atoms with Crippen LogP contribution in [0.25, 0.3) is 45.6 Å². The van der Waals surface area contributed by atoms with E-state index in [0.717, 1.165) is 57.5 Å². The summed E-state index contributed by atoms with van der Waals surface area (Å²) in [7, 11) is 0.760. The van der Waals surface area contributed by atoms with Crippen LogP contribution < -0.4 is 0 Å². The lowest BCUT2D eigenvalue weighted by Gasteiger charge is -2.22. The smallest absolute Gasteiger partial charge is 0.130 e. The molecule has 57 heavy (non-hydrogen) atoms. The van der Waals surface area contributed by atoms with E-state index in [1.165, 1.54) is 81.3 Å². The van der Waals surface area contributed by atoms with Crippen molar-refractivity contribution in [1.82, 2.24) is 0 Å². The minimum Gasteiger partial charge on any atom is -0.461 e. The van der Waals surface area contributed by atoms with Crippen LogP contribution in [0.15, 0.2) is 106 Å². The topological polar surface area (TPSA) is 26.3 Å². The molecular formula is C54H54O2Si. The lowest BCUT2D eigenvalue weighted by molar-refractivity contribution is 0.402. The highest BCUT2D eigenvalue weighted by atomic mass is 28.2. The first kappa shape index (κ1) is 36.5. The van der Waals surface area contributed by atoms with Gasteiger partial charge in [0.25, 0.3) is 0 Å². The zero-order chi connectivity index (χ0) is 39.1. The Morgan fingerprint density at radius 1 is 0.526 bits per heavy atom. The van der Waals surface area contributed by atoms with Gasteiger partial charge in [-0.15, -0.1) is 0 Å². The number of furan rings is 2. The van der Waals surface area contributed by atoms with Crippen molar-refractivity contribution in [2.24, 2.45) is 0 Å². The average Bonchev–Trinajstić information content (AvgIpc) is 4.05. The molecule has 0 amide bonds. The largest absolute Gasteiger partial charge is 0.461 e. The minimum atomic E-state index is -0.0476. The Labute approximate surface area is 342 Å². The van der Waals surface area contributed by atoms with Gasteiger partial charge in [-0.3, -0.25) is 0 Å². The predicted octanol–water partition coefficient (Wildman–Crippen LogP) is 14.3. The summed E-state index contributed by atoms with van der Waals surface area (Å²) in [6.45, 7) is 13.5. The van der Waals surface area contributed by atoms with Gasteiger partial charge in [0.15, 0.2) is 0 Å². The fourth-order valence-electron chi connectivity index (χ4n) is 10.3. The van der Waals surface area contributed by atoms with Crippen LogP contribution in [0, 0.1) is 0 Å². The number of hydrogen-bond donors (Lipinski definition) is 0. The zero-order valence-electron chi connectivity index (χ0n) is 34.5. The first-order chi connectivity index (χ1) is 27.5. The highest BCUT2D eigenvalue weighted by molar-refractivity contribution is 6.37. The molecule has 0 saturated heterocycles. The summed E-state index contributed by atoms with van der Waals surface area (Å²) in [5.41, 5.74) is 20.2. The second kappa shape index (κ2) is 13.9. The van der Waals surface area contributed by atoms with Crippen molar-refractivity contribution in [3.63, 3.8) is 0 Å². The molecule has 2 heterocycles. The van der Waals surface area contributed by atoms with Crippen LogP contribution in [-0.2, 0) is 36.5 Å². The predicted molar refractivity (Wildman–Crippen MR) is 239 cm³/mol. The molecule has 2 radical (unpaired) electrons. The van der Waals surface area contributed by atoms with E-state index < -0.39 is 0 Å². The van der Waals surface area contributed by atoms with Gasteiger partial charge < -0.3 is 8.83 Å². The lowest BCUT2D eigenvalue weighted by atomic mass is 9.87. The van der Waals surface area contributed by atoms with Gasteiger partial charge in [-0.1, -0.05) is 114 Å². The number of benzene rings is 4. The molecule has 2 unspecified atom stereocenters. The molecule has 2 atom stereocenters. The van der Waals surface area contributed by atoms with Gasteiger partial charge in [0, 0.05) is 43.3 Å². The van der Waals surface area contributed by atoms with E-state index >= 15 is 0 Å². The number of fused-ring (bicyclic) bond motifs is 4. The van der Waals surface area contributed by atoms with E-state index in [4.69, 9.17) is 8.83 Å². The van der Waals surface area contributed by atoms with E-state index in [1.807, 2.05) is 0 Å². The molecule has 4 aliphatic carbocycles. The van der Waals surface area contributed by atoms with Gasteiger partial charge >= 0.3 is 0 Å². The van der Waals surface area contributed by atoms with Crippen molar-refractivity contribution in [3.05, 3.63) is 165 Å². The molecule has 0 fully saturated rings. The van der Waals surface area contributed by atoms with Gasteiger partial charge in [-0.2, -0.15) is 0 Å². The molecule has 2 nitrogen and oxygen atoms in total. The molecule has 0 bridgehead atoms. The summed E-state index contributed by atoms with van der Waals surface area (Å²) in [4.78, 5) is 0. The van der Waals surface area contributed by atoms with Crippen LogP contribution in [0.1, 0.15) is 134 Å². The maximum absolute atomic E-state index is 6.78. The molecule has 3 heteroatoms. The van der Waals surface area contributed by atoms with Gasteiger partial charge in [-0.05, 0) is 154 Å². The second-order valence-corrected chi connectivity index (χ2v) is 20.3. The fourth-order valence-corrected chi connectivity index (χ4v) is 11.9. The Hall–Kier alpha value is -4.86. The van der Waals surface area contributed by atoms with Crippen LogP contribution in [-0.4, -0.2) is 9.52 Å². The molecule has 2 aromatic heterocycles. The quantitative estimate of drug-likeness (QED) is 0.144. The third kappa shape index (κ3) is 6.38. The molecule has 286 valence electrons. The van der Waals surface area contributed by atoms with E-state index in [1.54, 1.807) is 22.3 Å². The summed E-state index contributed by atoms with van der Waals surface area (Å²) < 4.78 is 13.6. The Bertz CT molecular complexity index is 2380. The van der Waals surface area contributed by atoms with Crippen molar-refractivity contribution in [2.45, 2.75) is 115 Å². The van der Waals surface area contributed by atoms with Crippen molar-refractivity contribution in [2.75, 3.05) is 0 Å². The normalized spacial score (nSPS) is 18.4. The van der Waals surface area contributed by atoms with E-state index in [2.05, 4.69) is 151 Å². The van der Waals surface area contributed by atoms with Crippen molar-refractivity contribution in [1.29, 1.82) is 0 Å². The summed E-state index contributed by atoms with van der Waals surface area (Å²) in [6.07, 6.45) is 12.2. The van der Waals surface area contributed by atoms with E-state index in [0.29, 0.717) is 0 Å².